The zero-order valence-corrected chi connectivity index (χ0v) is 29.6. The smallest absolute Gasteiger partial charge is 0.164 e. The second kappa shape index (κ2) is 12.6. The highest BCUT2D eigenvalue weighted by molar-refractivity contribution is 6.25. The third kappa shape index (κ3) is 5.34. The summed E-state index contributed by atoms with van der Waals surface area (Å²) in [5.74, 6) is 1.86. The molecule has 9 aromatic carbocycles. The predicted molar refractivity (Wildman–Crippen MR) is 227 cm³/mol. The van der Waals surface area contributed by atoms with Gasteiger partial charge < -0.3 is 4.42 Å². The number of aromatic nitrogens is 3. The van der Waals surface area contributed by atoms with Gasteiger partial charge in [0.25, 0.3) is 0 Å². The molecule has 0 aliphatic heterocycles. The molecule has 4 heteroatoms. The SMILES string of the molecule is c1ccc(-c2ccc(-c3nc(-c4ccccc4)nc(-c4ccc5oc6ccc(-c7ccc8c9ccccc9c9ccccc9c8c7)cc6c5c4)n3)cc2)cc1. The maximum Gasteiger partial charge on any atom is 0.164 e. The molecule has 55 heavy (non-hydrogen) atoms. The highest BCUT2D eigenvalue weighted by atomic mass is 16.3. The Morgan fingerprint density at radius 1 is 0.236 bits per heavy atom. The molecule has 0 bridgehead atoms. The molecule has 0 saturated heterocycles. The second-order valence-electron chi connectivity index (χ2n) is 14.0. The Morgan fingerprint density at radius 3 is 1.16 bits per heavy atom. The molecule has 0 saturated carbocycles. The van der Waals surface area contributed by atoms with Crippen LogP contribution in [-0.4, -0.2) is 15.0 Å². The van der Waals surface area contributed by atoms with Crippen molar-refractivity contribution in [1.82, 2.24) is 15.0 Å². The monoisotopic (exact) mass is 701 g/mol. The van der Waals surface area contributed by atoms with Crippen molar-refractivity contribution in [1.29, 1.82) is 0 Å². The summed E-state index contributed by atoms with van der Waals surface area (Å²) in [5.41, 5.74) is 9.02. The summed E-state index contributed by atoms with van der Waals surface area (Å²) in [6.07, 6.45) is 0. The van der Waals surface area contributed by atoms with Crippen LogP contribution in [0.1, 0.15) is 0 Å². The maximum atomic E-state index is 6.39. The Hall–Kier alpha value is -7.43. The van der Waals surface area contributed by atoms with Gasteiger partial charge in [0.15, 0.2) is 17.5 Å². The highest BCUT2D eigenvalue weighted by Gasteiger charge is 2.16. The lowest BCUT2D eigenvalue weighted by Crippen LogP contribution is -2.00. The van der Waals surface area contributed by atoms with Gasteiger partial charge in [0.1, 0.15) is 11.2 Å². The number of furan rings is 1. The second-order valence-corrected chi connectivity index (χ2v) is 14.0. The van der Waals surface area contributed by atoms with E-state index in [2.05, 4.69) is 140 Å². The Bertz CT molecular complexity index is 3210. The molecule has 4 nitrogen and oxygen atoms in total. The molecule has 11 aromatic rings. The lowest BCUT2D eigenvalue weighted by atomic mass is 9.92. The van der Waals surface area contributed by atoms with Crippen molar-refractivity contribution >= 4 is 54.3 Å². The van der Waals surface area contributed by atoms with Crippen LogP contribution in [0.25, 0.3) is 111 Å². The molecule has 256 valence electrons. The molecule has 2 heterocycles. The fourth-order valence-corrected chi connectivity index (χ4v) is 7.98. The number of rotatable bonds is 5. The standard InChI is InChI=1S/C51H31N3O/c1-3-11-32(12-4-1)33-19-21-35(22-20-33)50-52-49(34-13-5-2-6-14-34)53-51(54-50)38-25-28-48-46(31-38)45-30-37(24-27-47(45)55-48)36-23-26-43-41-17-8-7-15-39(41)40-16-9-10-18-42(40)44(43)29-36/h1-31H. The lowest BCUT2D eigenvalue weighted by Gasteiger charge is -2.12. The Kier molecular flexibility index (Phi) is 7.14. The van der Waals surface area contributed by atoms with Crippen LogP contribution < -0.4 is 0 Å². The van der Waals surface area contributed by atoms with Gasteiger partial charge in [0.2, 0.25) is 0 Å². The van der Waals surface area contributed by atoms with Crippen molar-refractivity contribution in [3.63, 3.8) is 0 Å². The van der Waals surface area contributed by atoms with Crippen molar-refractivity contribution in [2.45, 2.75) is 0 Å². The molecule has 0 atom stereocenters. The molecule has 0 N–H and O–H groups in total. The van der Waals surface area contributed by atoms with E-state index in [-0.39, 0.29) is 0 Å². The van der Waals surface area contributed by atoms with E-state index in [4.69, 9.17) is 19.4 Å². The molecule has 0 spiro atoms. The van der Waals surface area contributed by atoms with Gasteiger partial charge >= 0.3 is 0 Å². The Balaban J connectivity index is 1.03. The number of hydrogen-bond donors (Lipinski definition) is 0. The maximum absolute atomic E-state index is 6.39. The van der Waals surface area contributed by atoms with Crippen LogP contribution in [0.15, 0.2) is 192 Å². The van der Waals surface area contributed by atoms with Crippen LogP contribution in [0.4, 0.5) is 0 Å². The fraction of sp³-hybridized carbons (Fsp3) is 0. The van der Waals surface area contributed by atoms with E-state index in [0.29, 0.717) is 17.5 Å². The van der Waals surface area contributed by atoms with Gasteiger partial charge in [-0.05, 0) is 91.0 Å². The van der Waals surface area contributed by atoms with E-state index < -0.39 is 0 Å². The summed E-state index contributed by atoms with van der Waals surface area (Å²) >= 11 is 0. The van der Waals surface area contributed by atoms with E-state index >= 15 is 0 Å². The van der Waals surface area contributed by atoms with Gasteiger partial charge in [0, 0.05) is 27.5 Å². The number of nitrogens with zero attached hydrogens (tertiary/aromatic N) is 3. The van der Waals surface area contributed by atoms with Crippen LogP contribution in [0, 0.1) is 0 Å². The average molecular weight is 702 g/mol. The molecule has 0 radical (unpaired) electrons. The lowest BCUT2D eigenvalue weighted by molar-refractivity contribution is 0.669. The van der Waals surface area contributed by atoms with E-state index in [9.17, 15) is 0 Å². The van der Waals surface area contributed by atoms with Crippen LogP contribution in [0.3, 0.4) is 0 Å². The quantitative estimate of drug-likeness (QED) is 0.168. The fourth-order valence-electron chi connectivity index (χ4n) is 7.98. The van der Waals surface area contributed by atoms with E-state index in [0.717, 1.165) is 55.3 Å². The molecule has 0 aliphatic rings. The van der Waals surface area contributed by atoms with Crippen LogP contribution in [0.2, 0.25) is 0 Å². The summed E-state index contributed by atoms with van der Waals surface area (Å²) in [4.78, 5) is 15.0. The van der Waals surface area contributed by atoms with Crippen LogP contribution in [-0.2, 0) is 0 Å². The first-order chi connectivity index (χ1) is 27.2. The third-order valence-electron chi connectivity index (χ3n) is 10.7. The average Bonchev–Trinajstić information content (AvgIpc) is 3.64. The minimum atomic E-state index is 0.608. The minimum Gasteiger partial charge on any atom is -0.456 e. The van der Waals surface area contributed by atoms with Crippen LogP contribution in [0.5, 0.6) is 0 Å². The normalized spacial score (nSPS) is 11.6. The van der Waals surface area contributed by atoms with Crippen molar-refractivity contribution in [2.24, 2.45) is 0 Å². The third-order valence-corrected chi connectivity index (χ3v) is 10.7. The molecule has 0 aliphatic carbocycles. The molecule has 0 amide bonds. The Labute approximate surface area is 317 Å². The first kappa shape index (κ1) is 31.1. The van der Waals surface area contributed by atoms with Gasteiger partial charge in [0.05, 0.1) is 0 Å². The van der Waals surface area contributed by atoms with Crippen molar-refractivity contribution in [3.8, 4) is 56.4 Å². The molecule has 11 rings (SSSR count). The Morgan fingerprint density at radius 2 is 0.582 bits per heavy atom. The molecule has 0 fully saturated rings. The molecule has 2 aromatic heterocycles. The first-order valence-corrected chi connectivity index (χ1v) is 18.5. The largest absolute Gasteiger partial charge is 0.456 e. The number of benzene rings is 9. The minimum absolute atomic E-state index is 0.608. The summed E-state index contributed by atoms with van der Waals surface area (Å²) in [7, 11) is 0. The topological polar surface area (TPSA) is 51.8 Å². The van der Waals surface area contributed by atoms with Crippen molar-refractivity contribution < 1.29 is 4.42 Å². The van der Waals surface area contributed by atoms with Gasteiger partial charge in [-0.2, -0.15) is 0 Å². The number of fused-ring (bicyclic) bond motifs is 9. The molecular weight excluding hydrogens is 671 g/mol. The van der Waals surface area contributed by atoms with Gasteiger partial charge in [-0.3, -0.25) is 0 Å². The first-order valence-electron chi connectivity index (χ1n) is 18.5. The van der Waals surface area contributed by atoms with E-state index in [1.165, 1.54) is 37.9 Å². The van der Waals surface area contributed by atoms with E-state index in [1.54, 1.807) is 0 Å². The van der Waals surface area contributed by atoms with Crippen molar-refractivity contribution in [3.05, 3.63) is 188 Å². The van der Waals surface area contributed by atoms with Gasteiger partial charge in [-0.25, -0.2) is 15.0 Å². The summed E-state index contributed by atoms with van der Waals surface area (Å²) in [6, 6.07) is 65.9. The number of hydrogen-bond acceptors (Lipinski definition) is 4. The van der Waals surface area contributed by atoms with Crippen LogP contribution >= 0.6 is 0 Å². The zero-order valence-electron chi connectivity index (χ0n) is 29.6. The predicted octanol–water partition coefficient (Wildman–Crippen LogP) is 13.6. The summed E-state index contributed by atoms with van der Waals surface area (Å²) in [6.45, 7) is 0. The highest BCUT2D eigenvalue weighted by Crippen LogP contribution is 2.39. The van der Waals surface area contributed by atoms with Gasteiger partial charge in [-0.15, -0.1) is 0 Å². The van der Waals surface area contributed by atoms with Gasteiger partial charge in [-0.1, -0.05) is 152 Å². The molecular formula is C51H31N3O. The molecule has 0 unspecified atom stereocenters. The zero-order chi connectivity index (χ0) is 36.3. The summed E-state index contributed by atoms with van der Waals surface area (Å²) < 4.78 is 6.39. The van der Waals surface area contributed by atoms with Crippen molar-refractivity contribution in [2.75, 3.05) is 0 Å². The van der Waals surface area contributed by atoms with E-state index in [1.807, 2.05) is 48.5 Å². The summed E-state index contributed by atoms with van der Waals surface area (Å²) in [5, 5.41) is 9.66.